The van der Waals surface area contributed by atoms with Crippen LogP contribution in [0.25, 0.3) is 0 Å². The van der Waals surface area contributed by atoms with Crippen molar-refractivity contribution in [2.45, 2.75) is 19.9 Å². The lowest BCUT2D eigenvalue weighted by atomic mass is 10.1. The van der Waals surface area contributed by atoms with Crippen molar-refractivity contribution < 1.29 is 19.5 Å². The average molecular weight is 369 g/mol. The summed E-state index contributed by atoms with van der Waals surface area (Å²) in [5.74, 6) is -1.35. The van der Waals surface area contributed by atoms with Gasteiger partial charge in [-0.25, -0.2) is 9.59 Å². The Morgan fingerprint density at radius 2 is 1.78 bits per heavy atom. The van der Waals surface area contributed by atoms with Crippen molar-refractivity contribution >= 4 is 23.6 Å². The Balaban J connectivity index is 1.78. The fourth-order valence-corrected chi connectivity index (χ4v) is 2.50. The highest BCUT2D eigenvalue weighted by Crippen LogP contribution is 2.15. The van der Waals surface area contributed by atoms with Crippen LogP contribution in [-0.2, 0) is 11.3 Å². The quantitative estimate of drug-likeness (QED) is 0.699. The lowest BCUT2D eigenvalue weighted by Gasteiger charge is -2.18. The van der Waals surface area contributed by atoms with Gasteiger partial charge in [0.15, 0.2) is 0 Å². The monoisotopic (exact) mass is 369 g/mol. The lowest BCUT2D eigenvalue weighted by molar-refractivity contribution is -0.116. The van der Waals surface area contributed by atoms with Crippen molar-refractivity contribution in [3.63, 3.8) is 0 Å². The first kappa shape index (κ1) is 20.0. The molecule has 0 saturated carbocycles. The van der Waals surface area contributed by atoms with Crippen LogP contribution < -0.4 is 10.6 Å². The third-order valence-corrected chi connectivity index (χ3v) is 3.99. The molecule has 0 aliphatic carbocycles. The van der Waals surface area contributed by atoms with Crippen molar-refractivity contribution in [1.82, 2.24) is 10.2 Å². The number of carbonyl (C=O) groups is 3. The Bertz CT molecular complexity index is 821. The molecule has 0 atom stereocenters. The van der Waals surface area contributed by atoms with E-state index < -0.39 is 5.97 Å². The van der Waals surface area contributed by atoms with Gasteiger partial charge in [-0.2, -0.15) is 0 Å². The average Bonchev–Trinajstić information content (AvgIpc) is 2.63. The number of amides is 3. The van der Waals surface area contributed by atoms with E-state index in [0.29, 0.717) is 17.8 Å². The topological polar surface area (TPSA) is 98.7 Å². The number of carboxylic acid groups (broad SMARTS) is 1. The second kappa shape index (κ2) is 9.38. The molecule has 3 amide bonds. The van der Waals surface area contributed by atoms with Gasteiger partial charge in [-0.1, -0.05) is 36.4 Å². The zero-order valence-electron chi connectivity index (χ0n) is 15.4. The molecule has 0 radical (unpaired) electrons. The molecule has 2 aromatic carbocycles. The predicted molar refractivity (Wildman–Crippen MR) is 103 cm³/mol. The molecule has 0 aliphatic heterocycles. The van der Waals surface area contributed by atoms with Crippen molar-refractivity contribution in [2.24, 2.45) is 0 Å². The van der Waals surface area contributed by atoms with Crippen molar-refractivity contribution in [3.8, 4) is 0 Å². The molecule has 142 valence electrons. The minimum atomic E-state index is -1.04. The second-order valence-corrected chi connectivity index (χ2v) is 6.21. The SMILES string of the molecule is Cc1ccc(NC(=O)CCNC(=O)N(C)Cc2ccccc2)cc1C(=O)O. The van der Waals surface area contributed by atoms with Crippen LogP contribution in [0.3, 0.4) is 0 Å². The molecule has 3 N–H and O–H groups in total. The zero-order chi connectivity index (χ0) is 19.8. The zero-order valence-corrected chi connectivity index (χ0v) is 15.4. The Hall–Kier alpha value is -3.35. The van der Waals surface area contributed by atoms with E-state index in [2.05, 4.69) is 10.6 Å². The third kappa shape index (κ3) is 6.14. The summed E-state index contributed by atoms with van der Waals surface area (Å²) in [5, 5.41) is 14.4. The predicted octanol–water partition coefficient (Wildman–Crippen LogP) is 2.86. The summed E-state index contributed by atoms with van der Waals surface area (Å²) >= 11 is 0. The summed E-state index contributed by atoms with van der Waals surface area (Å²) in [6.07, 6.45) is 0.0845. The number of carbonyl (C=O) groups excluding carboxylic acids is 2. The number of carboxylic acids is 1. The number of nitrogens with zero attached hydrogens (tertiary/aromatic N) is 1. The van der Waals surface area contributed by atoms with Gasteiger partial charge >= 0.3 is 12.0 Å². The van der Waals surface area contributed by atoms with Gasteiger partial charge in [0.1, 0.15) is 0 Å². The van der Waals surface area contributed by atoms with Gasteiger partial charge in [-0.3, -0.25) is 4.79 Å². The van der Waals surface area contributed by atoms with Crippen LogP contribution in [0.1, 0.15) is 27.9 Å². The van der Waals surface area contributed by atoms with Gasteiger partial charge < -0.3 is 20.6 Å². The van der Waals surface area contributed by atoms with Crippen LogP contribution in [0.2, 0.25) is 0 Å². The standard InChI is InChI=1S/C20H23N3O4/c1-14-8-9-16(12-17(14)19(25)26)22-18(24)10-11-21-20(27)23(2)13-15-6-4-3-5-7-15/h3-9,12H,10-11,13H2,1-2H3,(H,21,27)(H,22,24)(H,25,26). The summed E-state index contributed by atoms with van der Waals surface area (Å²) in [6.45, 7) is 2.35. The molecule has 2 rings (SSSR count). The van der Waals surface area contributed by atoms with Gasteiger partial charge in [0.25, 0.3) is 0 Å². The number of hydrogen-bond acceptors (Lipinski definition) is 3. The smallest absolute Gasteiger partial charge is 0.336 e. The number of hydrogen-bond donors (Lipinski definition) is 3. The molecule has 0 bridgehead atoms. The van der Waals surface area contributed by atoms with Crippen molar-refractivity contribution in [1.29, 1.82) is 0 Å². The number of aryl methyl sites for hydroxylation is 1. The number of benzene rings is 2. The molecule has 7 heteroatoms. The number of anilines is 1. The van der Waals surface area contributed by atoms with E-state index in [0.717, 1.165) is 5.56 Å². The highest BCUT2D eigenvalue weighted by atomic mass is 16.4. The minimum absolute atomic E-state index is 0.0845. The van der Waals surface area contributed by atoms with E-state index >= 15 is 0 Å². The molecule has 0 fully saturated rings. The summed E-state index contributed by atoms with van der Waals surface area (Å²) in [5.41, 5.74) is 2.19. The van der Waals surface area contributed by atoms with Gasteiger partial charge in [0.05, 0.1) is 5.56 Å². The van der Waals surface area contributed by atoms with Crippen LogP contribution in [0, 0.1) is 6.92 Å². The maximum absolute atomic E-state index is 12.1. The molecule has 0 heterocycles. The molecule has 0 spiro atoms. The minimum Gasteiger partial charge on any atom is -0.478 e. The first-order chi connectivity index (χ1) is 12.9. The number of rotatable bonds is 7. The van der Waals surface area contributed by atoms with Crippen LogP contribution >= 0.6 is 0 Å². The van der Waals surface area contributed by atoms with Crippen molar-refractivity contribution in [2.75, 3.05) is 18.9 Å². The van der Waals surface area contributed by atoms with Crippen LogP contribution in [-0.4, -0.2) is 41.5 Å². The highest BCUT2D eigenvalue weighted by Gasteiger charge is 2.11. The molecule has 0 saturated heterocycles. The number of aromatic carboxylic acids is 1. The van der Waals surface area contributed by atoms with E-state index in [1.54, 1.807) is 26.1 Å². The Kier molecular flexibility index (Phi) is 6.93. The van der Waals surface area contributed by atoms with Gasteiger partial charge in [0.2, 0.25) is 5.91 Å². The Morgan fingerprint density at radius 3 is 2.44 bits per heavy atom. The van der Waals surface area contributed by atoms with Gasteiger partial charge in [-0.05, 0) is 30.2 Å². The maximum atomic E-state index is 12.1. The Labute approximate surface area is 158 Å². The van der Waals surface area contributed by atoms with E-state index in [1.165, 1.54) is 11.0 Å². The normalized spacial score (nSPS) is 10.1. The second-order valence-electron chi connectivity index (χ2n) is 6.21. The summed E-state index contributed by atoms with van der Waals surface area (Å²) in [7, 11) is 1.68. The van der Waals surface area contributed by atoms with E-state index in [9.17, 15) is 14.4 Å². The lowest BCUT2D eigenvalue weighted by Crippen LogP contribution is -2.38. The third-order valence-electron chi connectivity index (χ3n) is 3.99. The van der Waals surface area contributed by atoms with Crippen LogP contribution in [0.5, 0.6) is 0 Å². The molecule has 0 aliphatic rings. The first-order valence-corrected chi connectivity index (χ1v) is 8.53. The summed E-state index contributed by atoms with van der Waals surface area (Å²) in [4.78, 5) is 36.7. The molecular formula is C20H23N3O4. The summed E-state index contributed by atoms with van der Waals surface area (Å²) < 4.78 is 0. The molecule has 7 nitrogen and oxygen atoms in total. The van der Waals surface area contributed by atoms with E-state index in [1.807, 2.05) is 30.3 Å². The number of urea groups is 1. The van der Waals surface area contributed by atoms with E-state index in [4.69, 9.17) is 5.11 Å². The summed E-state index contributed by atoms with van der Waals surface area (Å²) in [6, 6.07) is 14.0. The molecule has 0 aromatic heterocycles. The van der Waals surface area contributed by atoms with Crippen LogP contribution in [0.15, 0.2) is 48.5 Å². The molecule has 2 aromatic rings. The number of nitrogens with one attached hydrogen (secondary N) is 2. The molecule has 0 unspecified atom stereocenters. The maximum Gasteiger partial charge on any atom is 0.336 e. The first-order valence-electron chi connectivity index (χ1n) is 8.53. The molecular weight excluding hydrogens is 346 g/mol. The fraction of sp³-hybridized carbons (Fsp3) is 0.250. The van der Waals surface area contributed by atoms with Gasteiger partial charge in [-0.15, -0.1) is 0 Å². The largest absolute Gasteiger partial charge is 0.478 e. The van der Waals surface area contributed by atoms with Gasteiger partial charge in [0, 0.05) is 32.2 Å². The molecule has 27 heavy (non-hydrogen) atoms. The van der Waals surface area contributed by atoms with Crippen LogP contribution in [0.4, 0.5) is 10.5 Å². The fourth-order valence-electron chi connectivity index (χ4n) is 2.50. The highest BCUT2D eigenvalue weighted by molar-refractivity contribution is 5.95. The van der Waals surface area contributed by atoms with E-state index in [-0.39, 0.29) is 30.5 Å². The Morgan fingerprint density at radius 1 is 1.07 bits per heavy atom. The van der Waals surface area contributed by atoms with Crippen molar-refractivity contribution in [3.05, 3.63) is 65.2 Å².